The number of likely N-dealkylation sites (N-methyl/N-ethyl adjacent to an activating group) is 1. The molecular formula is C9H15N. The number of allylic oxidation sites excluding steroid dienone is 1. The van der Waals surface area contributed by atoms with Crippen molar-refractivity contribution in [3.8, 4) is 12.3 Å². The molecule has 0 aromatic heterocycles. The molecule has 0 aromatic carbocycles. The molecule has 1 nitrogen and oxygen atoms in total. The van der Waals surface area contributed by atoms with Gasteiger partial charge in [-0.3, -0.25) is 0 Å². The Kier molecular flexibility index (Phi) is 5.91. The van der Waals surface area contributed by atoms with Crippen LogP contribution in [0.1, 0.15) is 19.8 Å². The molecule has 1 heteroatoms. The van der Waals surface area contributed by atoms with Crippen molar-refractivity contribution in [2.75, 3.05) is 13.6 Å². The molecule has 10 heavy (non-hydrogen) atoms. The predicted octanol–water partition coefficient (Wildman–Crippen LogP) is 1.57. The molecule has 0 aromatic rings. The lowest BCUT2D eigenvalue weighted by molar-refractivity contribution is 0.895. The molecule has 0 bridgehead atoms. The van der Waals surface area contributed by atoms with Crippen molar-refractivity contribution in [3.05, 3.63) is 11.6 Å². The van der Waals surface area contributed by atoms with Crippen LogP contribution in [-0.2, 0) is 0 Å². The van der Waals surface area contributed by atoms with Gasteiger partial charge in [-0.05, 0) is 20.4 Å². The number of terminal acetylenes is 1. The zero-order valence-electron chi connectivity index (χ0n) is 6.78. The van der Waals surface area contributed by atoms with Crippen LogP contribution in [0.25, 0.3) is 0 Å². The molecule has 0 unspecified atom stereocenters. The molecule has 56 valence electrons. The fourth-order valence-corrected chi connectivity index (χ4v) is 0.648. The monoisotopic (exact) mass is 137 g/mol. The van der Waals surface area contributed by atoms with E-state index in [2.05, 4.69) is 24.2 Å². The number of nitrogens with one attached hydrogen (secondary N) is 1. The average Bonchev–Trinajstić information content (AvgIpc) is 1.97. The van der Waals surface area contributed by atoms with E-state index < -0.39 is 0 Å². The lowest BCUT2D eigenvalue weighted by Gasteiger charge is -1.95. The summed E-state index contributed by atoms with van der Waals surface area (Å²) >= 11 is 0. The first-order valence-corrected chi connectivity index (χ1v) is 3.55. The van der Waals surface area contributed by atoms with E-state index in [0.29, 0.717) is 0 Å². The third-order valence-corrected chi connectivity index (χ3v) is 1.32. The van der Waals surface area contributed by atoms with Crippen molar-refractivity contribution in [3.63, 3.8) is 0 Å². The van der Waals surface area contributed by atoms with E-state index in [-0.39, 0.29) is 0 Å². The molecule has 0 saturated carbocycles. The molecule has 0 aliphatic heterocycles. The van der Waals surface area contributed by atoms with Crippen LogP contribution >= 0.6 is 0 Å². The molecule has 0 fully saturated rings. The van der Waals surface area contributed by atoms with Crippen LogP contribution in [0.3, 0.4) is 0 Å². The summed E-state index contributed by atoms with van der Waals surface area (Å²) in [5.41, 5.74) is 1.37. The smallest absolute Gasteiger partial charge is 0.0134 e. The molecule has 1 N–H and O–H groups in total. The maximum absolute atomic E-state index is 5.11. The van der Waals surface area contributed by atoms with E-state index >= 15 is 0 Å². The third kappa shape index (κ3) is 5.40. The second-order valence-corrected chi connectivity index (χ2v) is 2.31. The maximum Gasteiger partial charge on any atom is 0.0134 e. The second-order valence-electron chi connectivity index (χ2n) is 2.31. The highest BCUT2D eigenvalue weighted by Gasteiger charge is 1.85. The van der Waals surface area contributed by atoms with Gasteiger partial charge < -0.3 is 5.32 Å². The van der Waals surface area contributed by atoms with Crippen molar-refractivity contribution < 1.29 is 0 Å². The molecule has 0 rings (SSSR count). The van der Waals surface area contributed by atoms with E-state index in [1.165, 1.54) is 5.57 Å². The summed E-state index contributed by atoms with van der Waals surface area (Å²) in [5.74, 6) is 2.61. The molecule has 0 aliphatic carbocycles. The Bertz CT molecular complexity index is 139. The van der Waals surface area contributed by atoms with Crippen molar-refractivity contribution in [1.29, 1.82) is 0 Å². The Morgan fingerprint density at radius 2 is 2.40 bits per heavy atom. The minimum Gasteiger partial charge on any atom is -0.316 e. The van der Waals surface area contributed by atoms with Gasteiger partial charge in [-0.1, -0.05) is 11.6 Å². The van der Waals surface area contributed by atoms with Gasteiger partial charge >= 0.3 is 0 Å². The van der Waals surface area contributed by atoms with Crippen LogP contribution in [0.15, 0.2) is 11.6 Å². The van der Waals surface area contributed by atoms with Crippen molar-refractivity contribution in [2.45, 2.75) is 19.8 Å². The van der Waals surface area contributed by atoms with E-state index in [4.69, 9.17) is 6.42 Å². The van der Waals surface area contributed by atoms with Crippen LogP contribution in [0.4, 0.5) is 0 Å². The highest BCUT2D eigenvalue weighted by Crippen LogP contribution is 2.00. The minimum absolute atomic E-state index is 0.853. The van der Waals surface area contributed by atoms with Gasteiger partial charge in [0.2, 0.25) is 0 Å². The van der Waals surface area contributed by atoms with Gasteiger partial charge in [0.1, 0.15) is 0 Å². The Morgan fingerprint density at radius 1 is 1.70 bits per heavy atom. The van der Waals surface area contributed by atoms with Crippen LogP contribution in [0, 0.1) is 12.3 Å². The van der Waals surface area contributed by atoms with Gasteiger partial charge in [0, 0.05) is 13.0 Å². The second kappa shape index (κ2) is 6.38. The molecule has 0 amide bonds. The highest BCUT2D eigenvalue weighted by atomic mass is 14.8. The SMILES string of the molecule is C#CCC/C(C)=C\CNC. The van der Waals surface area contributed by atoms with E-state index in [1.54, 1.807) is 0 Å². The summed E-state index contributed by atoms with van der Waals surface area (Å²) in [7, 11) is 1.94. The minimum atomic E-state index is 0.853. The van der Waals surface area contributed by atoms with Gasteiger partial charge in [0.05, 0.1) is 0 Å². The average molecular weight is 137 g/mol. The molecule has 0 radical (unpaired) electrons. The fourth-order valence-electron chi connectivity index (χ4n) is 0.648. The molecule has 0 spiro atoms. The topological polar surface area (TPSA) is 12.0 Å². The molecule has 0 saturated heterocycles. The Hall–Kier alpha value is -0.740. The van der Waals surface area contributed by atoms with E-state index in [9.17, 15) is 0 Å². The molecule has 0 heterocycles. The van der Waals surface area contributed by atoms with Gasteiger partial charge in [0.25, 0.3) is 0 Å². The van der Waals surface area contributed by atoms with Gasteiger partial charge in [0.15, 0.2) is 0 Å². The van der Waals surface area contributed by atoms with Gasteiger partial charge in [-0.25, -0.2) is 0 Å². The highest BCUT2D eigenvalue weighted by molar-refractivity contribution is 5.02. The lowest BCUT2D eigenvalue weighted by Crippen LogP contribution is -2.04. The van der Waals surface area contributed by atoms with Gasteiger partial charge in [-0.2, -0.15) is 0 Å². The quantitative estimate of drug-likeness (QED) is 0.458. The van der Waals surface area contributed by atoms with Crippen LogP contribution in [0.2, 0.25) is 0 Å². The van der Waals surface area contributed by atoms with E-state index in [1.807, 2.05) is 7.05 Å². The Morgan fingerprint density at radius 3 is 2.90 bits per heavy atom. The molecule has 0 atom stereocenters. The molecule has 0 aliphatic rings. The number of rotatable bonds is 4. The first-order chi connectivity index (χ1) is 4.81. The van der Waals surface area contributed by atoms with Crippen LogP contribution in [0.5, 0.6) is 0 Å². The number of hydrogen-bond donors (Lipinski definition) is 1. The largest absolute Gasteiger partial charge is 0.316 e. The first-order valence-electron chi connectivity index (χ1n) is 3.55. The Labute approximate surface area is 63.5 Å². The van der Waals surface area contributed by atoms with Crippen LogP contribution < -0.4 is 5.32 Å². The summed E-state index contributed by atoms with van der Waals surface area (Å²) in [6, 6.07) is 0. The lowest BCUT2D eigenvalue weighted by atomic mass is 10.1. The zero-order valence-corrected chi connectivity index (χ0v) is 6.78. The Balaban J connectivity index is 3.41. The number of hydrogen-bond acceptors (Lipinski definition) is 1. The van der Waals surface area contributed by atoms with Crippen molar-refractivity contribution >= 4 is 0 Å². The summed E-state index contributed by atoms with van der Waals surface area (Å²) in [6.07, 6.45) is 9.16. The fraction of sp³-hybridized carbons (Fsp3) is 0.556. The van der Waals surface area contributed by atoms with Crippen molar-refractivity contribution in [2.24, 2.45) is 0 Å². The summed E-state index contributed by atoms with van der Waals surface area (Å²) < 4.78 is 0. The maximum atomic E-state index is 5.11. The summed E-state index contributed by atoms with van der Waals surface area (Å²) in [4.78, 5) is 0. The predicted molar refractivity (Wildman–Crippen MR) is 45.8 cm³/mol. The third-order valence-electron chi connectivity index (χ3n) is 1.32. The van der Waals surface area contributed by atoms with Gasteiger partial charge in [-0.15, -0.1) is 12.3 Å². The van der Waals surface area contributed by atoms with Crippen molar-refractivity contribution in [1.82, 2.24) is 5.32 Å². The standard InChI is InChI=1S/C9H15N/c1-4-5-6-9(2)7-8-10-3/h1,7,10H,5-6,8H2,2-3H3/b9-7-. The zero-order chi connectivity index (χ0) is 7.82. The normalized spacial score (nSPS) is 11.1. The summed E-state index contributed by atoms with van der Waals surface area (Å²) in [6.45, 7) is 3.05. The van der Waals surface area contributed by atoms with E-state index in [0.717, 1.165) is 19.4 Å². The summed E-state index contributed by atoms with van der Waals surface area (Å²) in [5, 5.41) is 3.05. The first kappa shape index (κ1) is 9.26. The molecular weight excluding hydrogens is 122 g/mol. The van der Waals surface area contributed by atoms with Crippen LogP contribution in [-0.4, -0.2) is 13.6 Å².